The third-order valence-corrected chi connectivity index (χ3v) is 2.88. The summed E-state index contributed by atoms with van der Waals surface area (Å²) in [6, 6.07) is 7.21. The Labute approximate surface area is 109 Å². The van der Waals surface area contributed by atoms with E-state index in [4.69, 9.17) is 10.5 Å². The fourth-order valence-corrected chi connectivity index (χ4v) is 1.35. The van der Waals surface area contributed by atoms with E-state index >= 15 is 0 Å². The minimum Gasteiger partial charge on any atom is -0.397 e. The van der Waals surface area contributed by atoms with E-state index < -0.39 is 0 Å². The van der Waals surface area contributed by atoms with Gasteiger partial charge < -0.3 is 15.8 Å². The first-order valence-electron chi connectivity index (χ1n) is 6.26. The van der Waals surface area contributed by atoms with E-state index in [1.54, 1.807) is 12.1 Å². The Morgan fingerprint density at radius 2 is 2.00 bits per heavy atom. The highest BCUT2D eigenvalue weighted by Crippen LogP contribution is 2.16. The molecule has 0 radical (unpaired) electrons. The van der Waals surface area contributed by atoms with Crippen LogP contribution in [0.4, 0.5) is 11.4 Å². The summed E-state index contributed by atoms with van der Waals surface area (Å²) in [6.45, 7) is 6.63. The zero-order valence-corrected chi connectivity index (χ0v) is 11.3. The van der Waals surface area contributed by atoms with Crippen LogP contribution in [0, 0.1) is 5.92 Å². The van der Waals surface area contributed by atoms with Gasteiger partial charge in [-0.1, -0.05) is 26.0 Å². The van der Waals surface area contributed by atoms with Gasteiger partial charge in [0.05, 0.1) is 30.5 Å². The van der Waals surface area contributed by atoms with Gasteiger partial charge in [-0.2, -0.15) is 0 Å². The van der Waals surface area contributed by atoms with Crippen LogP contribution in [0.2, 0.25) is 0 Å². The van der Waals surface area contributed by atoms with Gasteiger partial charge in [0.15, 0.2) is 0 Å². The summed E-state index contributed by atoms with van der Waals surface area (Å²) in [6.07, 6.45) is 0.505. The highest BCUT2D eigenvalue weighted by Gasteiger charge is 2.09. The second kappa shape index (κ2) is 7.01. The van der Waals surface area contributed by atoms with Gasteiger partial charge in [-0.05, 0) is 25.0 Å². The first kappa shape index (κ1) is 14.5. The van der Waals surface area contributed by atoms with Crippen molar-refractivity contribution in [3.63, 3.8) is 0 Å². The van der Waals surface area contributed by atoms with Gasteiger partial charge in [-0.25, -0.2) is 0 Å². The zero-order valence-electron chi connectivity index (χ0n) is 11.3. The number of carbonyl (C=O) groups is 1. The van der Waals surface area contributed by atoms with Gasteiger partial charge in [-0.15, -0.1) is 0 Å². The molecule has 1 aromatic rings. The van der Waals surface area contributed by atoms with Gasteiger partial charge in [0.25, 0.3) is 0 Å². The molecule has 18 heavy (non-hydrogen) atoms. The van der Waals surface area contributed by atoms with Crippen LogP contribution in [0.15, 0.2) is 24.3 Å². The Kier molecular flexibility index (Phi) is 5.65. The molecular weight excluding hydrogens is 228 g/mol. The number of anilines is 2. The Morgan fingerprint density at radius 3 is 2.61 bits per heavy atom. The van der Waals surface area contributed by atoms with Crippen molar-refractivity contribution in [3.8, 4) is 0 Å². The molecule has 1 amide bonds. The number of nitrogen functional groups attached to an aromatic ring is 1. The van der Waals surface area contributed by atoms with Crippen molar-refractivity contribution < 1.29 is 9.53 Å². The van der Waals surface area contributed by atoms with Crippen molar-refractivity contribution >= 4 is 17.3 Å². The SMILES string of the molecule is CC(C)C(C)OCCC(=O)Nc1ccccc1N. The molecule has 1 aromatic carbocycles. The lowest BCUT2D eigenvalue weighted by molar-refractivity contribution is -0.117. The molecule has 1 rings (SSSR count). The fourth-order valence-electron chi connectivity index (χ4n) is 1.35. The minimum atomic E-state index is -0.0798. The molecule has 0 aromatic heterocycles. The molecule has 0 aliphatic rings. The summed E-state index contributed by atoms with van der Waals surface area (Å²) >= 11 is 0. The maximum atomic E-state index is 11.7. The molecule has 100 valence electrons. The number of benzene rings is 1. The number of rotatable bonds is 6. The molecule has 0 fully saturated rings. The van der Waals surface area contributed by atoms with Crippen LogP contribution < -0.4 is 11.1 Å². The molecule has 0 aliphatic carbocycles. The van der Waals surface area contributed by atoms with E-state index in [0.717, 1.165) is 0 Å². The minimum absolute atomic E-state index is 0.0798. The lowest BCUT2D eigenvalue weighted by Crippen LogP contribution is -2.20. The predicted molar refractivity (Wildman–Crippen MR) is 74.4 cm³/mol. The molecule has 0 aliphatic heterocycles. The summed E-state index contributed by atoms with van der Waals surface area (Å²) in [5.41, 5.74) is 6.96. The normalized spacial score (nSPS) is 12.4. The van der Waals surface area contributed by atoms with Crippen molar-refractivity contribution in [3.05, 3.63) is 24.3 Å². The summed E-state index contributed by atoms with van der Waals surface area (Å²) < 4.78 is 5.55. The Morgan fingerprint density at radius 1 is 1.33 bits per heavy atom. The molecule has 1 unspecified atom stereocenters. The Bertz CT molecular complexity index is 391. The van der Waals surface area contributed by atoms with Crippen LogP contribution in [-0.4, -0.2) is 18.6 Å². The highest BCUT2D eigenvalue weighted by atomic mass is 16.5. The molecule has 0 heterocycles. The summed E-state index contributed by atoms with van der Waals surface area (Å²) in [4.78, 5) is 11.7. The van der Waals surface area contributed by atoms with E-state index in [1.165, 1.54) is 0 Å². The summed E-state index contributed by atoms with van der Waals surface area (Å²) in [5, 5.41) is 2.77. The number of carbonyl (C=O) groups excluding carboxylic acids is 1. The third-order valence-electron chi connectivity index (χ3n) is 2.88. The molecular formula is C14H22N2O2. The quantitative estimate of drug-likeness (QED) is 0.763. The van der Waals surface area contributed by atoms with Crippen LogP contribution in [0.5, 0.6) is 0 Å². The van der Waals surface area contributed by atoms with Crippen molar-refractivity contribution in [2.45, 2.75) is 33.3 Å². The average molecular weight is 250 g/mol. The van der Waals surface area contributed by atoms with Gasteiger partial charge in [0, 0.05) is 0 Å². The lowest BCUT2D eigenvalue weighted by atomic mass is 10.1. The summed E-state index contributed by atoms with van der Waals surface area (Å²) in [7, 11) is 0. The van der Waals surface area contributed by atoms with Crippen molar-refractivity contribution in [2.75, 3.05) is 17.7 Å². The number of hydrogen-bond acceptors (Lipinski definition) is 3. The maximum Gasteiger partial charge on any atom is 0.226 e. The highest BCUT2D eigenvalue weighted by molar-refractivity contribution is 5.93. The van der Waals surface area contributed by atoms with Crippen molar-refractivity contribution in [2.24, 2.45) is 5.92 Å². The van der Waals surface area contributed by atoms with Gasteiger partial charge in [0.2, 0.25) is 5.91 Å². The second-order valence-corrected chi connectivity index (χ2v) is 4.71. The van der Waals surface area contributed by atoms with Gasteiger partial charge >= 0.3 is 0 Å². The van der Waals surface area contributed by atoms with Crippen LogP contribution in [0.1, 0.15) is 27.2 Å². The molecule has 0 saturated heterocycles. The van der Waals surface area contributed by atoms with Gasteiger partial charge in [0.1, 0.15) is 0 Å². The molecule has 1 atom stereocenters. The third kappa shape index (κ3) is 4.75. The topological polar surface area (TPSA) is 64.3 Å². The molecule has 0 spiro atoms. The van der Waals surface area contributed by atoms with E-state index in [1.807, 2.05) is 19.1 Å². The monoisotopic (exact) mass is 250 g/mol. The van der Waals surface area contributed by atoms with Crippen LogP contribution in [0.3, 0.4) is 0 Å². The smallest absolute Gasteiger partial charge is 0.226 e. The second-order valence-electron chi connectivity index (χ2n) is 4.71. The number of nitrogens with two attached hydrogens (primary N) is 1. The predicted octanol–water partition coefficient (Wildman–Crippen LogP) is 2.66. The number of amides is 1. The number of hydrogen-bond donors (Lipinski definition) is 2. The van der Waals surface area contributed by atoms with E-state index in [0.29, 0.717) is 30.3 Å². The van der Waals surface area contributed by atoms with Crippen LogP contribution >= 0.6 is 0 Å². The Hall–Kier alpha value is -1.55. The maximum absolute atomic E-state index is 11.7. The summed E-state index contributed by atoms with van der Waals surface area (Å²) in [5.74, 6) is 0.377. The largest absolute Gasteiger partial charge is 0.397 e. The van der Waals surface area contributed by atoms with Crippen molar-refractivity contribution in [1.29, 1.82) is 0 Å². The van der Waals surface area contributed by atoms with E-state index in [9.17, 15) is 4.79 Å². The zero-order chi connectivity index (χ0) is 13.5. The number of para-hydroxylation sites is 2. The number of ether oxygens (including phenoxy) is 1. The molecule has 3 N–H and O–H groups in total. The van der Waals surface area contributed by atoms with Gasteiger partial charge in [-0.3, -0.25) is 4.79 Å². The Balaban J connectivity index is 2.33. The first-order valence-corrected chi connectivity index (χ1v) is 6.26. The van der Waals surface area contributed by atoms with Crippen LogP contribution in [0.25, 0.3) is 0 Å². The average Bonchev–Trinajstić information content (AvgIpc) is 2.32. The van der Waals surface area contributed by atoms with Crippen molar-refractivity contribution in [1.82, 2.24) is 0 Å². The van der Waals surface area contributed by atoms with E-state index in [-0.39, 0.29) is 12.0 Å². The van der Waals surface area contributed by atoms with Crippen LogP contribution in [-0.2, 0) is 9.53 Å². The fraction of sp³-hybridized carbons (Fsp3) is 0.500. The molecule has 0 saturated carbocycles. The number of nitrogens with one attached hydrogen (secondary N) is 1. The first-order chi connectivity index (χ1) is 8.50. The molecule has 4 nitrogen and oxygen atoms in total. The molecule has 0 bridgehead atoms. The van der Waals surface area contributed by atoms with E-state index in [2.05, 4.69) is 19.2 Å². The standard InChI is InChI=1S/C14H22N2O2/c1-10(2)11(3)18-9-8-14(17)16-13-7-5-4-6-12(13)15/h4-7,10-11H,8-9,15H2,1-3H3,(H,16,17). The molecule has 4 heteroatoms. The lowest BCUT2D eigenvalue weighted by Gasteiger charge is -2.16.